The molecular weight excluding hydrogens is 388 g/mol. The monoisotopic (exact) mass is 422 g/mol. The van der Waals surface area contributed by atoms with Gasteiger partial charge in [0, 0.05) is 32.6 Å². The molecule has 2 saturated heterocycles. The van der Waals surface area contributed by atoms with Crippen LogP contribution in [0.4, 0.5) is 0 Å². The zero-order valence-electron chi connectivity index (χ0n) is 18.4. The van der Waals surface area contributed by atoms with Gasteiger partial charge in [0.1, 0.15) is 12.4 Å². The lowest BCUT2D eigenvalue weighted by molar-refractivity contribution is -0.135. The van der Waals surface area contributed by atoms with Gasteiger partial charge in [0.25, 0.3) is 0 Å². The predicted octanol–water partition coefficient (Wildman–Crippen LogP) is 4.12. The molecule has 1 amide bonds. The molecule has 2 heterocycles. The van der Waals surface area contributed by atoms with Crippen LogP contribution in [0.1, 0.15) is 36.8 Å². The second-order valence-corrected chi connectivity index (χ2v) is 8.69. The maximum absolute atomic E-state index is 12.4. The van der Waals surface area contributed by atoms with Gasteiger partial charge in [-0.15, -0.1) is 0 Å². The van der Waals surface area contributed by atoms with Gasteiger partial charge in [-0.25, -0.2) is 0 Å². The van der Waals surface area contributed by atoms with Crippen molar-refractivity contribution < 1.29 is 14.3 Å². The SMILES string of the molecule is O=C(CCC1CCCN(Cc2ccc(OCc3ccccc3)cc2)C1)N1CCOCC1. The Morgan fingerprint density at radius 2 is 1.74 bits per heavy atom. The molecule has 5 nitrogen and oxygen atoms in total. The third-order valence-electron chi connectivity index (χ3n) is 6.31. The van der Waals surface area contributed by atoms with Crippen LogP contribution in [0.15, 0.2) is 54.6 Å². The molecule has 1 unspecified atom stereocenters. The van der Waals surface area contributed by atoms with Gasteiger partial charge in [-0.3, -0.25) is 9.69 Å². The number of likely N-dealkylation sites (tertiary alicyclic amines) is 1. The molecule has 31 heavy (non-hydrogen) atoms. The third-order valence-corrected chi connectivity index (χ3v) is 6.31. The second-order valence-electron chi connectivity index (χ2n) is 8.69. The van der Waals surface area contributed by atoms with E-state index in [2.05, 4.69) is 41.3 Å². The fraction of sp³-hybridized carbons (Fsp3) is 0.500. The van der Waals surface area contributed by atoms with Gasteiger partial charge in [-0.2, -0.15) is 0 Å². The van der Waals surface area contributed by atoms with Crippen LogP contribution in [0.5, 0.6) is 5.75 Å². The standard InChI is InChI=1S/C26H34N2O3/c29-26(28-15-17-30-18-16-28)13-10-22-7-4-14-27(19-22)20-23-8-11-25(12-9-23)31-21-24-5-2-1-3-6-24/h1-3,5-6,8-9,11-12,22H,4,7,10,13-21H2. The van der Waals surface area contributed by atoms with Crippen LogP contribution in [-0.2, 0) is 22.7 Å². The molecule has 2 aromatic carbocycles. The Labute approximate surface area is 185 Å². The third kappa shape index (κ3) is 6.81. The number of hydrogen-bond acceptors (Lipinski definition) is 4. The smallest absolute Gasteiger partial charge is 0.222 e. The highest BCUT2D eigenvalue weighted by atomic mass is 16.5. The minimum Gasteiger partial charge on any atom is -0.489 e. The summed E-state index contributed by atoms with van der Waals surface area (Å²) in [6.45, 7) is 6.65. The van der Waals surface area contributed by atoms with Crippen molar-refractivity contribution in [2.75, 3.05) is 39.4 Å². The van der Waals surface area contributed by atoms with Crippen molar-refractivity contribution in [2.45, 2.75) is 38.8 Å². The first-order chi connectivity index (χ1) is 15.3. The van der Waals surface area contributed by atoms with Crippen LogP contribution >= 0.6 is 0 Å². The first-order valence-corrected chi connectivity index (χ1v) is 11.6. The number of ether oxygens (including phenoxy) is 2. The maximum atomic E-state index is 12.4. The van der Waals surface area contributed by atoms with Crippen molar-refractivity contribution in [3.8, 4) is 5.75 Å². The number of amides is 1. The lowest BCUT2D eigenvalue weighted by Crippen LogP contribution is -2.41. The molecule has 0 spiro atoms. The molecule has 1 atom stereocenters. The van der Waals surface area contributed by atoms with Crippen molar-refractivity contribution >= 4 is 5.91 Å². The van der Waals surface area contributed by atoms with Crippen LogP contribution < -0.4 is 4.74 Å². The average Bonchev–Trinajstić information content (AvgIpc) is 2.83. The minimum atomic E-state index is 0.298. The van der Waals surface area contributed by atoms with E-state index < -0.39 is 0 Å². The molecule has 0 radical (unpaired) electrons. The van der Waals surface area contributed by atoms with Crippen molar-refractivity contribution in [1.29, 1.82) is 0 Å². The summed E-state index contributed by atoms with van der Waals surface area (Å²) in [4.78, 5) is 16.9. The van der Waals surface area contributed by atoms with Crippen molar-refractivity contribution in [3.05, 3.63) is 65.7 Å². The predicted molar refractivity (Wildman–Crippen MR) is 122 cm³/mol. The molecule has 2 aliphatic rings. The lowest BCUT2D eigenvalue weighted by atomic mass is 9.93. The summed E-state index contributed by atoms with van der Waals surface area (Å²) in [5, 5.41) is 0. The largest absolute Gasteiger partial charge is 0.489 e. The Kier molecular flexibility index (Phi) is 7.97. The Hall–Kier alpha value is -2.37. The van der Waals surface area contributed by atoms with Crippen LogP contribution in [0, 0.1) is 5.92 Å². The molecule has 2 aliphatic heterocycles. The van der Waals surface area contributed by atoms with E-state index >= 15 is 0 Å². The average molecular weight is 423 g/mol. The maximum Gasteiger partial charge on any atom is 0.222 e. The van der Waals surface area contributed by atoms with E-state index in [1.807, 2.05) is 23.1 Å². The molecule has 0 saturated carbocycles. The Morgan fingerprint density at radius 3 is 2.52 bits per heavy atom. The van der Waals surface area contributed by atoms with E-state index in [0.717, 1.165) is 44.9 Å². The Morgan fingerprint density at radius 1 is 0.968 bits per heavy atom. The molecule has 2 aromatic rings. The Balaban J connectivity index is 1.20. The van der Waals surface area contributed by atoms with Crippen molar-refractivity contribution in [3.63, 3.8) is 0 Å². The van der Waals surface area contributed by atoms with Crippen LogP contribution in [0.3, 0.4) is 0 Å². The highest BCUT2D eigenvalue weighted by Gasteiger charge is 2.23. The Bertz CT molecular complexity index is 803. The van der Waals surface area contributed by atoms with Gasteiger partial charge in [-0.05, 0) is 55.0 Å². The number of benzene rings is 2. The van der Waals surface area contributed by atoms with E-state index in [4.69, 9.17) is 9.47 Å². The fourth-order valence-electron chi connectivity index (χ4n) is 4.52. The molecule has 2 fully saturated rings. The van der Waals surface area contributed by atoms with Gasteiger partial charge in [0.05, 0.1) is 13.2 Å². The topological polar surface area (TPSA) is 42.0 Å². The van der Waals surface area contributed by atoms with E-state index in [9.17, 15) is 4.79 Å². The summed E-state index contributed by atoms with van der Waals surface area (Å²) < 4.78 is 11.2. The van der Waals surface area contributed by atoms with Gasteiger partial charge in [0.15, 0.2) is 0 Å². The van der Waals surface area contributed by atoms with Gasteiger partial charge in [-0.1, -0.05) is 42.5 Å². The van der Waals surface area contributed by atoms with Crippen molar-refractivity contribution in [2.24, 2.45) is 5.92 Å². The number of hydrogen-bond donors (Lipinski definition) is 0. The normalized spacial score (nSPS) is 19.9. The van der Waals surface area contributed by atoms with Gasteiger partial charge < -0.3 is 14.4 Å². The fourth-order valence-corrected chi connectivity index (χ4v) is 4.52. The first kappa shape index (κ1) is 21.8. The molecule has 0 aromatic heterocycles. The molecule has 0 N–H and O–H groups in total. The molecule has 5 heteroatoms. The summed E-state index contributed by atoms with van der Waals surface area (Å²) in [6.07, 6.45) is 4.12. The lowest BCUT2D eigenvalue weighted by Gasteiger charge is -2.33. The molecule has 166 valence electrons. The quantitative estimate of drug-likeness (QED) is 0.642. The molecule has 4 rings (SSSR count). The minimum absolute atomic E-state index is 0.298. The highest BCUT2D eigenvalue weighted by Crippen LogP contribution is 2.24. The summed E-state index contributed by atoms with van der Waals surface area (Å²) in [6, 6.07) is 18.7. The number of carbonyl (C=O) groups excluding carboxylic acids is 1. The molecular formula is C26H34N2O3. The number of carbonyl (C=O) groups is 1. The number of morpholine rings is 1. The molecule has 0 aliphatic carbocycles. The van der Waals surface area contributed by atoms with E-state index in [0.29, 0.717) is 38.1 Å². The highest BCUT2D eigenvalue weighted by molar-refractivity contribution is 5.76. The van der Waals surface area contributed by atoms with E-state index in [-0.39, 0.29) is 0 Å². The van der Waals surface area contributed by atoms with Crippen molar-refractivity contribution in [1.82, 2.24) is 9.80 Å². The summed E-state index contributed by atoms with van der Waals surface area (Å²) in [7, 11) is 0. The summed E-state index contributed by atoms with van der Waals surface area (Å²) in [5.41, 5.74) is 2.50. The summed E-state index contributed by atoms with van der Waals surface area (Å²) >= 11 is 0. The van der Waals surface area contributed by atoms with Gasteiger partial charge >= 0.3 is 0 Å². The van der Waals surface area contributed by atoms with E-state index in [1.165, 1.54) is 24.0 Å². The first-order valence-electron chi connectivity index (χ1n) is 11.6. The number of piperidine rings is 1. The van der Waals surface area contributed by atoms with Crippen LogP contribution in [0.2, 0.25) is 0 Å². The molecule has 0 bridgehead atoms. The number of rotatable bonds is 8. The van der Waals surface area contributed by atoms with E-state index in [1.54, 1.807) is 0 Å². The second kappa shape index (κ2) is 11.3. The number of nitrogens with zero attached hydrogens (tertiary/aromatic N) is 2. The van der Waals surface area contributed by atoms with Gasteiger partial charge in [0.2, 0.25) is 5.91 Å². The zero-order chi connectivity index (χ0) is 21.3. The van der Waals surface area contributed by atoms with Crippen LogP contribution in [-0.4, -0.2) is 55.1 Å². The zero-order valence-corrected chi connectivity index (χ0v) is 18.4. The van der Waals surface area contributed by atoms with Crippen LogP contribution in [0.25, 0.3) is 0 Å². The summed E-state index contributed by atoms with van der Waals surface area (Å²) in [5.74, 6) is 1.82.